The fourth-order valence-corrected chi connectivity index (χ4v) is 4.59. The number of nitrogens with zero attached hydrogens (tertiary/aromatic N) is 2. The molecule has 4 rings (SSSR count). The summed E-state index contributed by atoms with van der Waals surface area (Å²) in [6, 6.07) is 13.1. The molecule has 0 saturated carbocycles. The zero-order valence-corrected chi connectivity index (χ0v) is 18.4. The topological polar surface area (TPSA) is 64.0 Å². The highest BCUT2D eigenvalue weighted by Crippen LogP contribution is 2.36. The Labute approximate surface area is 183 Å². The van der Waals surface area contributed by atoms with Crippen molar-refractivity contribution in [3.8, 4) is 11.1 Å². The van der Waals surface area contributed by atoms with Gasteiger partial charge >= 0.3 is 0 Å². The Morgan fingerprint density at radius 2 is 1.90 bits per heavy atom. The van der Waals surface area contributed by atoms with Crippen LogP contribution in [0.25, 0.3) is 21.3 Å². The molecule has 0 aliphatic heterocycles. The molecule has 0 bridgehead atoms. The number of hydrogen-bond acceptors (Lipinski definition) is 4. The van der Waals surface area contributed by atoms with E-state index in [-0.39, 0.29) is 18.0 Å². The predicted molar refractivity (Wildman–Crippen MR) is 124 cm³/mol. The molecule has 0 atom stereocenters. The number of nitrogens with one attached hydrogen (secondary N) is 1. The molecule has 0 aliphatic carbocycles. The second-order valence-electron chi connectivity index (χ2n) is 7.22. The van der Waals surface area contributed by atoms with Gasteiger partial charge < -0.3 is 5.32 Å². The van der Waals surface area contributed by atoms with Crippen LogP contribution in [0.5, 0.6) is 0 Å². The number of halogens is 1. The van der Waals surface area contributed by atoms with Crippen molar-refractivity contribution in [1.29, 1.82) is 0 Å². The molecule has 152 valence electrons. The monoisotopic (exact) mass is 437 g/mol. The Balaban J connectivity index is 1.73. The fourth-order valence-electron chi connectivity index (χ4n) is 3.40. The number of hydrogen-bond donors (Lipinski definition) is 1. The second kappa shape index (κ2) is 8.05. The lowest BCUT2D eigenvalue weighted by Gasteiger charge is -2.09. The summed E-state index contributed by atoms with van der Waals surface area (Å²) >= 11 is 7.59. The van der Waals surface area contributed by atoms with Gasteiger partial charge in [0, 0.05) is 10.4 Å². The molecule has 7 heteroatoms. The van der Waals surface area contributed by atoms with Gasteiger partial charge in [-0.25, -0.2) is 4.98 Å². The normalized spacial score (nSPS) is 11.1. The minimum atomic E-state index is -0.342. The summed E-state index contributed by atoms with van der Waals surface area (Å²) in [5.74, 6) is -0.342. The molecule has 2 heterocycles. The first-order chi connectivity index (χ1) is 14.3. The Kier molecular flexibility index (Phi) is 5.45. The third kappa shape index (κ3) is 3.76. The zero-order valence-electron chi connectivity index (χ0n) is 16.8. The lowest BCUT2D eigenvalue weighted by Crippen LogP contribution is -2.27. The number of para-hydroxylation sites is 1. The van der Waals surface area contributed by atoms with Gasteiger partial charge in [0.25, 0.3) is 5.56 Å². The van der Waals surface area contributed by atoms with E-state index in [4.69, 9.17) is 11.6 Å². The first kappa shape index (κ1) is 20.3. The van der Waals surface area contributed by atoms with Gasteiger partial charge in [0.1, 0.15) is 11.4 Å². The average Bonchev–Trinajstić information content (AvgIpc) is 3.05. The number of thiophene rings is 1. The van der Waals surface area contributed by atoms with Crippen LogP contribution in [0.1, 0.15) is 16.0 Å². The number of amides is 1. The standard InChI is InChI=1S/C23H20ClN3O2S/c1-13-8-9-16(10-14(13)2)20-15(3)30-22-21(20)23(29)27(12-25-22)11-19(28)26-18-7-5-4-6-17(18)24/h4-10,12H,11H2,1-3H3,(H,26,28). The van der Waals surface area contributed by atoms with Crippen LogP contribution in [0.2, 0.25) is 5.02 Å². The van der Waals surface area contributed by atoms with Crippen LogP contribution in [0, 0.1) is 20.8 Å². The minimum Gasteiger partial charge on any atom is -0.323 e. The highest BCUT2D eigenvalue weighted by Gasteiger charge is 2.18. The number of aromatic nitrogens is 2. The first-order valence-corrected chi connectivity index (χ1v) is 10.6. The molecule has 1 N–H and O–H groups in total. The van der Waals surface area contributed by atoms with Gasteiger partial charge in [-0.05, 0) is 49.6 Å². The van der Waals surface area contributed by atoms with E-state index in [0.717, 1.165) is 21.6 Å². The molecule has 30 heavy (non-hydrogen) atoms. The van der Waals surface area contributed by atoms with Gasteiger partial charge in [-0.2, -0.15) is 0 Å². The first-order valence-electron chi connectivity index (χ1n) is 9.45. The molecule has 5 nitrogen and oxygen atoms in total. The maximum Gasteiger partial charge on any atom is 0.263 e. The van der Waals surface area contributed by atoms with Gasteiger partial charge in [0.2, 0.25) is 5.91 Å². The van der Waals surface area contributed by atoms with Crippen LogP contribution in [0.15, 0.2) is 53.6 Å². The molecular weight excluding hydrogens is 418 g/mol. The van der Waals surface area contributed by atoms with Gasteiger partial charge in [-0.15, -0.1) is 11.3 Å². The van der Waals surface area contributed by atoms with E-state index in [1.165, 1.54) is 27.8 Å². The summed E-state index contributed by atoms with van der Waals surface area (Å²) in [6.07, 6.45) is 1.43. The Hall–Kier alpha value is -2.96. The third-order valence-electron chi connectivity index (χ3n) is 5.11. The fraction of sp³-hybridized carbons (Fsp3) is 0.174. The summed E-state index contributed by atoms with van der Waals surface area (Å²) in [5.41, 5.74) is 4.51. The SMILES string of the molecule is Cc1ccc(-c2c(C)sc3ncn(CC(=O)Nc4ccccc4Cl)c(=O)c23)cc1C. The molecule has 1 amide bonds. The van der Waals surface area contributed by atoms with Crippen molar-refractivity contribution in [2.45, 2.75) is 27.3 Å². The lowest BCUT2D eigenvalue weighted by atomic mass is 9.99. The van der Waals surface area contributed by atoms with E-state index in [1.807, 2.05) is 13.0 Å². The van der Waals surface area contributed by atoms with Crippen LogP contribution < -0.4 is 10.9 Å². The van der Waals surface area contributed by atoms with E-state index in [0.29, 0.717) is 20.9 Å². The van der Waals surface area contributed by atoms with Gasteiger partial charge in [-0.1, -0.05) is 41.9 Å². The van der Waals surface area contributed by atoms with Crippen molar-refractivity contribution < 1.29 is 4.79 Å². The average molecular weight is 438 g/mol. The summed E-state index contributed by atoms with van der Waals surface area (Å²) in [4.78, 5) is 31.9. The van der Waals surface area contributed by atoms with Crippen molar-refractivity contribution in [3.05, 3.63) is 80.2 Å². The van der Waals surface area contributed by atoms with Crippen molar-refractivity contribution in [1.82, 2.24) is 9.55 Å². The molecule has 0 radical (unpaired) electrons. The highest BCUT2D eigenvalue weighted by molar-refractivity contribution is 7.19. The number of carbonyl (C=O) groups excluding carboxylic acids is 1. The Bertz CT molecular complexity index is 1340. The zero-order chi connectivity index (χ0) is 21.4. The number of aryl methyl sites for hydroxylation is 3. The van der Waals surface area contributed by atoms with Gasteiger partial charge in [0.15, 0.2) is 0 Å². The smallest absolute Gasteiger partial charge is 0.263 e. The Morgan fingerprint density at radius 1 is 1.13 bits per heavy atom. The largest absolute Gasteiger partial charge is 0.323 e. The van der Waals surface area contributed by atoms with Crippen molar-refractivity contribution in [2.75, 3.05) is 5.32 Å². The van der Waals surface area contributed by atoms with Crippen molar-refractivity contribution in [2.24, 2.45) is 0 Å². The minimum absolute atomic E-state index is 0.145. The molecule has 2 aromatic carbocycles. The lowest BCUT2D eigenvalue weighted by molar-refractivity contribution is -0.116. The summed E-state index contributed by atoms with van der Waals surface area (Å²) in [6.45, 7) is 5.96. The Morgan fingerprint density at radius 3 is 2.63 bits per heavy atom. The number of benzene rings is 2. The summed E-state index contributed by atoms with van der Waals surface area (Å²) in [5, 5.41) is 3.74. The number of rotatable bonds is 4. The van der Waals surface area contributed by atoms with E-state index < -0.39 is 0 Å². The molecule has 4 aromatic rings. The quantitative estimate of drug-likeness (QED) is 0.468. The van der Waals surface area contributed by atoms with Crippen LogP contribution in [0.4, 0.5) is 5.69 Å². The van der Waals surface area contributed by atoms with Crippen molar-refractivity contribution >= 4 is 44.7 Å². The molecule has 2 aromatic heterocycles. The highest BCUT2D eigenvalue weighted by atomic mass is 35.5. The van der Waals surface area contributed by atoms with Gasteiger partial charge in [-0.3, -0.25) is 14.2 Å². The van der Waals surface area contributed by atoms with E-state index in [9.17, 15) is 9.59 Å². The van der Waals surface area contributed by atoms with Crippen LogP contribution in [-0.2, 0) is 11.3 Å². The van der Waals surface area contributed by atoms with Gasteiger partial charge in [0.05, 0.1) is 22.4 Å². The molecule has 0 aliphatic rings. The maximum absolute atomic E-state index is 13.3. The van der Waals surface area contributed by atoms with Crippen LogP contribution >= 0.6 is 22.9 Å². The number of anilines is 1. The molecule has 0 saturated heterocycles. The summed E-state index contributed by atoms with van der Waals surface area (Å²) < 4.78 is 1.34. The molecule has 0 unspecified atom stereocenters. The predicted octanol–water partition coefficient (Wildman–Crippen LogP) is 5.34. The van der Waals surface area contributed by atoms with E-state index in [2.05, 4.69) is 36.3 Å². The van der Waals surface area contributed by atoms with E-state index >= 15 is 0 Å². The summed E-state index contributed by atoms with van der Waals surface area (Å²) in [7, 11) is 0. The number of carbonyl (C=O) groups is 1. The maximum atomic E-state index is 13.3. The second-order valence-corrected chi connectivity index (χ2v) is 8.83. The molecule has 0 fully saturated rings. The van der Waals surface area contributed by atoms with Crippen LogP contribution in [0.3, 0.4) is 0 Å². The third-order valence-corrected chi connectivity index (χ3v) is 6.46. The van der Waals surface area contributed by atoms with Crippen LogP contribution in [-0.4, -0.2) is 15.5 Å². The number of fused-ring (bicyclic) bond motifs is 1. The molecular formula is C23H20ClN3O2S. The van der Waals surface area contributed by atoms with E-state index in [1.54, 1.807) is 24.3 Å². The van der Waals surface area contributed by atoms with Crippen molar-refractivity contribution in [3.63, 3.8) is 0 Å². The molecule has 0 spiro atoms.